The zero-order valence-electron chi connectivity index (χ0n) is 11.6. The molecule has 0 spiro atoms. The van der Waals surface area contributed by atoms with Gasteiger partial charge in [-0.05, 0) is 25.0 Å². The van der Waals surface area contributed by atoms with Crippen molar-refractivity contribution in [3.05, 3.63) is 28.3 Å². The monoisotopic (exact) mass is 277 g/mol. The van der Waals surface area contributed by atoms with Crippen LogP contribution in [-0.2, 0) is 0 Å². The number of nitro groups is 1. The Morgan fingerprint density at radius 1 is 1.05 bits per heavy atom. The Labute approximate surface area is 118 Å². The van der Waals surface area contributed by atoms with E-state index in [-0.39, 0.29) is 10.6 Å². The van der Waals surface area contributed by atoms with Crippen molar-refractivity contribution >= 4 is 17.1 Å². The zero-order valence-corrected chi connectivity index (χ0v) is 11.6. The number of piperazine rings is 1. The SMILES string of the molecule is O=[N+]([O-])c1ccc(N2CCCC2)cc1N1CC[NH2+]CC1. The van der Waals surface area contributed by atoms with E-state index < -0.39 is 0 Å². The Bertz CT molecular complexity index is 494. The van der Waals surface area contributed by atoms with Crippen LogP contribution in [0.5, 0.6) is 0 Å². The number of rotatable bonds is 3. The van der Waals surface area contributed by atoms with Gasteiger partial charge in [0.15, 0.2) is 0 Å². The lowest BCUT2D eigenvalue weighted by Crippen LogP contribution is -2.89. The number of nitro benzene ring substituents is 1. The predicted octanol–water partition coefficient (Wildman–Crippen LogP) is 0.578. The first-order valence-electron chi connectivity index (χ1n) is 7.36. The molecule has 6 nitrogen and oxygen atoms in total. The van der Waals surface area contributed by atoms with Gasteiger partial charge in [-0.25, -0.2) is 0 Å². The van der Waals surface area contributed by atoms with Gasteiger partial charge in [0.1, 0.15) is 5.69 Å². The second kappa shape index (κ2) is 5.66. The molecule has 0 atom stereocenters. The van der Waals surface area contributed by atoms with Crippen LogP contribution in [0.25, 0.3) is 0 Å². The van der Waals surface area contributed by atoms with Crippen LogP contribution in [0.3, 0.4) is 0 Å². The van der Waals surface area contributed by atoms with Crippen molar-refractivity contribution in [3.63, 3.8) is 0 Å². The highest BCUT2D eigenvalue weighted by atomic mass is 16.6. The molecule has 0 amide bonds. The number of quaternary nitrogens is 1. The van der Waals surface area contributed by atoms with Crippen LogP contribution in [0.4, 0.5) is 17.1 Å². The van der Waals surface area contributed by atoms with E-state index in [9.17, 15) is 10.1 Å². The minimum atomic E-state index is -0.262. The molecule has 0 radical (unpaired) electrons. The topological polar surface area (TPSA) is 66.2 Å². The fourth-order valence-corrected chi connectivity index (χ4v) is 3.08. The summed E-state index contributed by atoms with van der Waals surface area (Å²) in [5.74, 6) is 0. The fraction of sp³-hybridized carbons (Fsp3) is 0.571. The highest BCUT2D eigenvalue weighted by Gasteiger charge is 2.24. The third-order valence-electron chi connectivity index (χ3n) is 4.17. The van der Waals surface area contributed by atoms with Gasteiger partial charge in [0, 0.05) is 24.8 Å². The molecule has 2 N–H and O–H groups in total. The van der Waals surface area contributed by atoms with Gasteiger partial charge in [-0.1, -0.05) is 0 Å². The molecule has 1 aromatic rings. The predicted molar refractivity (Wildman–Crippen MR) is 78.4 cm³/mol. The highest BCUT2D eigenvalue weighted by molar-refractivity contribution is 5.70. The van der Waals surface area contributed by atoms with Crippen molar-refractivity contribution < 1.29 is 10.2 Å². The van der Waals surface area contributed by atoms with E-state index in [4.69, 9.17) is 0 Å². The molecule has 1 aromatic carbocycles. The minimum absolute atomic E-state index is 0.231. The summed E-state index contributed by atoms with van der Waals surface area (Å²) < 4.78 is 0. The smallest absolute Gasteiger partial charge is 0.292 e. The molecule has 2 heterocycles. The summed E-state index contributed by atoms with van der Waals surface area (Å²) in [7, 11) is 0. The molecule has 2 aliphatic heterocycles. The number of hydrogen-bond donors (Lipinski definition) is 1. The Morgan fingerprint density at radius 3 is 2.40 bits per heavy atom. The van der Waals surface area contributed by atoms with Gasteiger partial charge in [-0.2, -0.15) is 0 Å². The van der Waals surface area contributed by atoms with Crippen LogP contribution in [-0.4, -0.2) is 44.2 Å². The summed E-state index contributed by atoms with van der Waals surface area (Å²) in [6, 6.07) is 5.57. The number of hydrogen-bond acceptors (Lipinski definition) is 4. The van der Waals surface area contributed by atoms with Gasteiger partial charge < -0.3 is 15.1 Å². The summed E-state index contributed by atoms with van der Waals surface area (Å²) in [5, 5.41) is 13.5. The average molecular weight is 277 g/mol. The Hall–Kier alpha value is -1.82. The van der Waals surface area contributed by atoms with E-state index in [0.29, 0.717) is 0 Å². The summed E-state index contributed by atoms with van der Waals surface area (Å²) >= 11 is 0. The van der Waals surface area contributed by atoms with E-state index in [0.717, 1.165) is 50.6 Å². The molecule has 0 saturated carbocycles. The number of anilines is 2. The van der Waals surface area contributed by atoms with E-state index in [2.05, 4.69) is 15.1 Å². The van der Waals surface area contributed by atoms with Crippen molar-refractivity contribution in [2.24, 2.45) is 0 Å². The van der Waals surface area contributed by atoms with Crippen LogP contribution in [0, 0.1) is 10.1 Å². The second-order valence-electron chi connectivity index (χ2n) is 5.48. The van der Waals surface area contributed by atoms with Gasteiger partial charge in [-0.3, -0.25) is 10.1 Å². The van der Waals surface area contributed by atoms with Gasteiger partial charge in [-0.15, -0.1) is 0 Å². The highest BCUT2D eigenvalue weighted by Crippen LogP contribution is 2.33. The molecule has 2 aliphatic rings. The zero-order chi connectivity index (χ0) is 13.9. The molecule has 0 aliphatic carbocycles. The van der Waals surface area contributed by atoms with Crippen LogP contribution in [0.15, 0.2) is 18.2 Å². The first-order valence-corrected chi connectivity index (χ1v) is 7.36. The van der Waals surface area contributed by atoms with Crippen LogP contribution < -0.4 is 15.1 Å². The molecule has 20 heavy (non-hydrogen) atoms. The Balaban J connectivity index is 1.93. The molecule has 3 rings (SSSR count). The number of nitrogens with two attached hydrogens (primary N) is 1. The lowest BCUT2D eigenvalue weighted by atomic mass is 10.2. The molecule has 0 unspecified atom stereocenters. The van der Waals surface area contributed by atoms with Crippen molar-refractivity contribution in [3.8, 4) is 0 Å². The lowest BCUT2D eigenvalue weighted by molar-refractivity contribution is -0.655. The van der Waals surface area contributed by atoms with Crippen molar-refractivity contribution in [1.29, 1.82) is 0 Å². The molecule has 2 fully saturated rings. The molecular formula is C14H21N4O2+. The van der Waals surface area contributed by atoms with Gasteiger partial charge in [0.25, 0.3) is 5.69 Å². The maximum atomic E-state index is 11.3. The first-order chi connectivity index (χ1) is 9.75. The van der Waals surface area contributed by atoms with E-state index in [1.54, 1.807) is 6.07 Å². The molecule has 6 heteroatoms. The average Bonchev–Trinajstić information content (AvgIpc) is 3.02. The maximum absolute atomic E-state index is 11.3. The van der Waals surface area contributed by atoms with Gasteiger partial charge in [0.2, 0.25) is 0 Å². The molecular weight excluding hydrogens is 256 g/mol. The quantitative estimate of drug-likeness (QED) is 0.648. The maximum Gasteiger partial charge on any atom is 0.292 e. The molecule has 108 valence electrons. The van der Waals surface area contributed by atoms with Gasteiger partial charge in [0.05, 0.1) is 31.1 Å². The standard InChI is InChI=1S/C14H20N4O2/c19-18(20)13-4-3-12(16-7-1-2-8-16)11-14(13)17-9-5-15-6-10-17/h3-4,11,15H,1-2,5-10H2/p+1. The first kappa shape index (κ1) is 13.2. The van der Waals surface area contributed by atoms with E-state index in [1.807, 2.05) is 12.1 Å². The summed E-state index contributed by atoms with van der Waals surface area (Å²) in [5.41, 5.74) is 2.14. The summed E-state index contributed by atoms with van der Waals surface area (Å²) in [6.45, 7) is 5.89. The molecule has 2 saturated heterocycles. The van der Waals surface area contributed by atoms with E-state index in [1.165, 1.54) is 12.8 Å². The summed E-state index contributed by atoms with van der Waals surface area (Å²) in [4.78, 5) is 15.5. The largest absolute Gasteiger partial charge is 0.371 e. The van der Waals surface area contributed by atoms with Crippen molar-refractivity contribution in [2.75, 3.05) is 49.1 Å². The third kappa shape index (κ3) is 2.56. The fourth-order valence-electron chi connectivity index (χ4n) is 3.08. The van der Waals surface area contributed by atoms with Crippen LogP contribution >= 0.6 is 0 Å². The third-order valence-corrected chi connectivity index (χ3v) is 4.17. The van der Waals surface area contributed by atoms with E-state index >= 15 is 0 Å². The normalized spacial score (nSPS) is 19.4. The van der Waals surface area contributed by atoms with Crippen LogP contribution in [0.2, 0.25) is 0 Å². The molecule has 0 aromatic heterocycles. The molecule has 0 bridgehead atoms. The van der Waals surface area contributed by atoms with Crippen LogP contribution in [0.1, 0.15) is 12.8 Å². The second-order valence-corrected chi connectivity index (χ2v) is 5.48. The lowest BCUT2D eigenvalue weighted by Gasteiger charge is -2.28. The number of nitrogens with zero attached hydrogens (tertiary/aromatic N) is 3. The van der Waals surface area contributed by atoms with Crippen molar-refractivity contribution in [2.45, 2.75) is 12.8 Å². The van der Waals surface area contributed by atoms with Gasteiger partial charge >= 0.3 is 0 Å². The summed E-state index contributed by atoms with van der Waals surface area (Å²) in [6.07, 6.45) is 2.43. The number of benzene rings is 1. The minimum Gasteiger partial charge on any atom is -0.371 e. The Morgan fingerprint density at radius 2 is 1.75 bits per heavy atom. The van der Waals surface area contributed by atoms with Crippen molar-refractivity contribution in [1.82, 2.24) is 0 Å². The Kier molecular flexibility index (Phi) is 3.73.